The summed E-state index contributed by atoms with van der Waals surface area (Å²) in [6.45, 7) is -0.527. The van der Waals surface area contributed by atoms with Crippen LogP contribution in [0.5, 0.6) is 0 Å². The first-order chi connectivity index (χ1) is 15.8. The van der Waals surface area contributed by atoms with Gasteiger partial charge in [-0.15, -0.1) is 5.10 Å². The Morgan fingerprint density at radius 2 is 1.94 bits per heavy atom. The molecule has 172 valence electrons. The molecule has 2 unspecified atom stereocenters. The van der Waals surface area contributed by atoms with Crippen LogP contribution in [0.3, 0.4) is 0 Å². The summed E-state index contributed by atoms with van der Waals surface area (Å²) in [7, 11) is 0. The molecule has 1 fully saturated rings. The monoisotopic (exact) mass is 494 g/mol. The fourth-order valence-corrected chi connectivity index (χ4v) is 4.87. The van der Waals surface area contributed by atoms with Gasteiger partial charge in [0.15, 0.2) is 11.6 Å². The van der Waals surface area contributed by atoms with E-state index in [1.807, 2.05) is 6.07 Å². The molecule has 3 N–H and O–H groups in total. The average Bonchev–Trinajstić information content (AvgIpc) is 3.27. The lowest BCUT2D eigenvalue weighted by molar-refractivity contribution is -0.178. The summed E-state index contributed by atoms with van der Waals surface area (Å²) in [4.78, 5) is 0.593. The van der Waals surface area contributed by atoms with Gasteiger partial charge in [0.05, 0.1) is 23.4 Å². The van der Waals surface area contributed by atoms with Gasteiger partial charge in [0.2, 0.25) is 0 Å². The lowest BCUT2D eigenvalue weighted by Crippen LogP contribution is -2.55. The van der Waals surface area contributed by atoms with Crippen molar-refractivity contribution in [1.29, 1.82) is 5.26 Å². The van der Waals surface area contributed by atoms with Gasteiger partial charge in [-0.1, -0.05) is 28.6 Å². The van der Waals surface area contributed by atoms with Crippen LogP contribution < -0.4 is 0 Å². The number of thioether (sulfide) groups is 1. The number of halogens is 3. The summed E-state index contributed by atoms with van der Waals surface area (Å²) in [5.41, 5.74) is -0.188. The van der Waals surface area contributed by atoms with E-state index in [-0.39, 0.29) is 16.3 Å². The SMILES string of the molecule is N#Cc1ccc(S[C@H]2OC(CO)[C@H](O)[C@H](n3cc(-c4ccc(F)c(F)c4)nn3)C2O)cc1Cl. The number of nitrogens with zero attached hydrogens (tertiary/aromatic N) is 4. The van der Waals surface area contributed by atoms with Crippen molar-refractivity contribution < 1.29 is 28.8 Å². The van der Waals surface area contributed by atoms with E-state index < -0.39 is 48.0 Å². The van der Waals surface area contributed by atoms with E-state index in [2.05, 4.69) is 10.3 Å². The predicted molar refractivity (Wildman–Crippen MR) is 114 cm³/mol. The Kier molecular flexibility index (Phi) is 6.94. The molecule has 0 radical (unpaired) electrons. The molecule has 33 heavy (non-hydrogen) atoms. The van der Waals surface area contributed by atoms with E-state index in [1.165, 1.54) is 23.0 Å². The number of aliphatic hydroxyl groups is 3. The molecule has 0 spiro atoms. The molecule has 1 aliphatic rings. The Bertz CT molecular complexity index is 1210. The minimum absolute atomic E-state index is 0.198. The highest BCUT2D eigenvalue weighted by atomic mass is 35.5. The van der Waals surface area contributed by atoms with Gasteiger partial charge >= 0.3 is 0 Å². The first-order valence-electron chi connectivity index (χ1n) is 9.68. The van der Waals surface area contributed by atoms with Crippen LogP contribution in [-0.2, 0) is 4.74 Å². The number of nitriles is 1. The quantitative estimate of drug-likeness (QED) is 0.494. The van der Waals surface area contributed by atoms with Gasteiger partial charge in [0.1, 0.15) is 41.6 Å². The molecule has 0 saturated carbocycles. The van der Waals surface area contributed by atoms with Crippen LogP contribution in [0.1, 0.15) is 11.6 Å². The minimum Gasteiger partial charge on any atom is -0.394 e. The van der Waals surface area contributed by atoms with Gasteiger partial charge in [-0.05, 0) is 36.4 Å². The molecule has 1 saturated heterocycles. The molecule has 2 heterocycles. The minimum atomic E-state index is -1.34. The van der Waals surface area contributed by atoms with Crippen molar-refractivity contribution in [2.24, 2.45) is 0 Å². The van der Waals surface area contributed by atoms with E-state index in [0.29, 0.717) is 10.5 Å². The summed E-state index contributed by atoms with van der Waals surface area (Å²) in [5.74, 6) is -2.05. The smallest absolute Gasteiger partial charge is 0.159 e. The maximum Gasteiger partial charge on any atom is 0.159 e. The summed E-state index contributed by atoms with van der Waals surface area (Å²) in [6.07, 6.45) is -2.31. The highest BCUT2D eigenvalue weighted by Crippen LogP contribution is 2.39. The van der Waals surface area contributed by atoms with Crippen molar-refractivity contribution in [2.45, 2.75) is 34.7 Å². The molecule has 1 aliphatic heterocycles. The van der Waals surface area contributed by atoms with Crippen molar-refractivity contribution >= 4 is 23.4 Å². The second kappa shape index (κ2) is 9.72. The molecule has 8 nitrogen and oxygen atoms in total. The molecule has 4 rings (SSSR count). The second-order valence-corrected chi connectivity index (χ2v) is 8.86. The third-order valence-corrected chi connectivity index (χ3v) is 6.65. The number of benzene rings is 2. The molecule has 12 heteroatoms. The zero-order valence-electron chi connectivity index (χ0n) is 16.7. The number of aromatic nitrogens is 3. The lowest BCUT2D eigenvalue weighted by atomic mass is 9.97. The van der Waals surface area contributed by atoms with E-state index in [9.17, 15) is 24.1 Å². The maximum absolute atomic E-state index is 13.6. The zero-order chi connectivity index (χ0) is 23.7. The van der Waals surface area contributed by atoms with Crippen LogP contribution in [-0.4, -0.2) is 60.7 Å². The molecule has 3 aromatic rings. The number of hydrogen-bond donors (Lipinski definition) is 3. The fraction of sp³-hybridized carbons (Fsp3) is 0.286. The van der Waals surface area contributed by atoms with Crippen LogP contribution in [0, 0.1) is 23.0 Å². The van der Waals surface area contributed by atoms with Crippen LogP contribution in [0.25, 0.3) is 11.3 Å². The lowest BCUT2D eigenvalue weighted by Gasteiger charge is -2.41. The van der Waals surface area contributed by atoms with Gasteiger partial charge in [-0.3, -0.25) is 0 Å². The van der Waals surface area contributed by atoms with Gasteiger partial charge in [0.25, 0.3) is 0 Å². The molecule has 0 aliphatic carbocycles. The molecule has 0 amide bonds. The summed E-state index contributed by atoms with van der Waals surface area (Å²) < 4.78 is 33.7. The summed E-state index contributed by atoms with van der Waals surface area (Å²) >= 11 is 7.17. The second-order valence-electron chi connectivity index (χ2n) is 7.28. The van der Waals surface area contributed by atoms with Crippen LogP contribution in [0.4, 0.5) is 8.78 Å². The van der Waals surface area contributed by atoms with Gasteiger partial charge in [-0.25, -0.2) is 13.5 Å². The first kappa shape index (κ1) is 23.6. The average molecular weight is 495 g/mol. The fourth-order valence-electron chi connectivity index (χ4n) is 3.48. The molecular formula is C21H17ClF2N4O4S. The van der Waals surface area contributed by atoms with E-state index in [1.54, 1.807) is 12.1 Å². The number of ether oxygens (including phenoxy) is 1. The Morgan fingerprint density at radius 3 is 2.61 bits per heavy atom. The number of hydrogen-bond acceptors (Lipinski definition) is 8. The Labute approximate surface area is 196 Å². The Morgan fingerprint density at radius 1 is 1.15 bits per heavy atom. The molecule has 1 aromatic heterocycles. The normalized spacial score (nSPS) is 25.1. The third-order valence-electron chi connectivity index (χ3n) is 5.19. The van der Waals surface area contributed by atoms with E-state index in [0.717, 1.165) is 23.9 Å². The van der Waals surface area contributed by atoms with Crippen molar-refractivity contribution in [1.82, 2.24) is 15.0 Å². The number of rotatable bonds is 5. The Balaban J connectivity index is 1.62. The molecule has 2 aromatic carbocycles. The highest BCUT2D eigenvalue weighted by molar-refractivity contribution is 7.99. The van der Waals surface area contributed by atoms with Crippen LogP contribution >= 0.6 is 23.4 Å². The van der Waals surface area contributed by atoms with Gasteiger partial charge in [-0.2, -0.15) is 5.26 Å². The van der Waals surface area contributed by atoms with Gasteiger partial charge in [0, 0.05) is 10.5 Å². The zero-order valence-corrected chi connectivity index (χ0v) is 18.3. The van der Waals surface area contributed by atoms with Crippen LogP contribution in [0.15, 0.2) is 47.5 Å². The topological polar surface area (TPSA) is 124 Å². The molecular weight excluding hydrogens is 478 g/mol. The van der Waals surface area contributed by atoms with E-state index in [4.69, 9.17) is 21.6 Å². The summed E-state index contributed by atoms with van der Waals surface area (Å²) in [6, 6.07) is 8.85. The Hall–Kier alpha value is -2.59. The largest absolute Gasteiger partial charge is 0.394 e. The standard InChI is InChI=1S/C21H17ClF2N4O4S/c22-13-6-12(3-1-11(13)7-25)33-21-20(31)18(19(30)17(9-29)32-21)28-8-16(26-27-28)10-2-4-14(23)15(24)5-10/h1-6,8,17-21,29-31H,9H2/t17?,18-,19-,20?,21+/m0/s1. The molecule has 0 bridgehead atoms. The highest BCUT2D eigenvalue weighted by Gasteiger charge is 2.46. The third kappa shape index (κ3) is 4.72. The van der Waals surface area contributed by atoms with Crippen molar-refractivity contribution in [3.8, 4) is 17.3 Å². The van der Waals surface area contributed by atoms with Crippen molar-refractivity contribution in [2.75, 3.05) is 6.61 Å². The predicted octanol–water partition coefficient (Wildman–Crippen LogP) is 2.52. The maximum atomic E-state index is 13.6. The summed E-state index contributed by atoms with van der Waals surface area (Å²) in [5, 5.41) is 48.5. The van der Waals surface area contributed by atoms with E-state index >= 15 is 0 Å². The van der Waals surface area contributed by atoms with Crippen molar-refractivity contribution in [3.63, 3.8) is 0 Å². The van der Waals surface area contributed by atoms with Crippen LogP contribution in [0.2, 0.25) is 5.02 Å². The van der Waals surface area contributed by atoms with Crippen molar-refractivity contribution in [3.05, 3.63) is 64.8 Å². The molecule has 5 atom stereocenters. The number of aliphatic hydroxyl groups excluding tert-OH is 3. The first-order valence-corrected chi connectivity index (χ1v) is 10.9. The van der Waals surface area contributed by atoms with Gasteiger partial charge < -0.3 is 20.1 Å².